The number of esters is 1. The molecular weight excluding hydrogens is 291 g/mol. The molecule has 0 spiro atoms. The molecule has 0 amide bonds. The molecule has 0 saturated carbocycles. The molecule has 0 aliphatic carbocycles. The summed E-state index contributed by atoms with van der Waals surface area (Å²) in [6.45, 7) is 13.2. The minimum Gasteiger partial charge on any atom is -0.463 e. The van der Waals surface area contributed by atoms with Crippen molar-refractivity contribution in [1.82, 2.24) is 0 Å². The first-order valence-electron chi connectivity index (χ1n) is 9.25. The summed E-state index contributed by atoms with van der Waals surface area (Å²) in [5.74, 6) is -0.171. The third kappa shape index (κ3) is 8.93. The molecule has 3 heteroatoms. The molecule has 0 N–H and O–H groups in total. The van der Waals surface area contributed by atoms with Crippen LogP contribution in [0.4, 0.5) is 0 Å². The second-order valence-corrected chi connectivity index (χ2v) is 10.7. The van der Waals surface area contributed by atoms with Crippen LogP contribution in [0, 0.1) is 0 Å². The summed E-state index contributed by atoms with van der Waals surface area (Å²) in [5, 5.41) is 0. The number of rotatable bonds is 14. The highest BCUT2D eigenvalue weighted by atomic mass is 31.2. The van der Waals surface area contributed by atoms with Crippen LogP contribution in [0.3, 0.4) is 0 Å². The van der Waals surface area contributed by atoms with Crippen molar-refractivity contribution < 1.29 is 9.53 Å². The van der Waals surface area contributed by atoms with Crippen LogP contribution in [0.1, 0.15) is 72.6 Å². The Morgan fingerprint density at radius 2 is 1.36 bits per heavy atom. The normalized spacial score (nSPS) is 11.5. The standard InChI is InChI=1S/C19H38O2P/c1-6-10-13-16-22(14-11-7-2,15-12-8-3)17-18(5)19(20)21-9-4/h5-17H2,1-4H3/q+1. The lowest BCUT2D eigenvalue weighted by molar-refractivity contribution is -0.138. The van der Waals surface area contributed by atoms with Crippen LogP contribution in [-0.2, 0) is 9.53 Å². The van der Waals surface area contributed by atoms with Gasteiger partial charge in [0.1, 0.15) is 0 Å². The molecule has 22 heavy (non-hydrogen) atoms. The van der Waals surface area contributed by atoms with Gasteiger partial charge in [-0.3, -0.25) is 0 Å². The SMILES string of the molecule is C=C(C[P+](CCCC)(CCCC)CCCCC)C(=O)OCC. The maximum Gasteiger partial charge on any atom is 0.337 e. The van der Waals surface area contributed by atoms with Crippen molar-refractivity contribution >= 4 is 13.2 Å². The zero-order valence-electron chi connectivity index (χ0n) is 15.5. The number of carbonyl (C=O) groups is 1. The van der Waals surface area contributed by atoms with Gasteiger partial charge in [0.05, 0.1) is 36.8 Å². The van der Waals surface area contributed by atoms with Gasteiger partial charge in [0.15, 0.2) is 0 Å². The first-order valence-corrected chi connectivity index (χ1v) is 11.8. The van der Waals surface area contributed by atoms with E-state index in [1.165, 1.54) is 63.4 Å². The molecule has 0 fully saturated rings. The lowest BCUT2D eigenvalue weighted by Crippen LogP contribution is -2.18. The average molecular weight is 329 g/mol. The fraction of sp³-hybridized carbons (Fsp3) is 0.842. The maximum atomic E-state index is 12.0. The van der Waals surface area contributed by atoms with Gasteiger partial charge in [-0.05, 0) is 26.2 Å². The number of carbonyl (C=O) groups excluding carboxylic acids is 1. The van der Waals surface area contributed by atoms with E-state index >= 15 is 0 Å². The van der Waals surface area contributed by atoms with Gasteiger partial charge in [-0.1, -0.05) is 53.0 Å². The molecule has 0 bridgehead atoms. The fourth-order valence-corrected chi connectivity index (χ4v) is 7.91. The summed E-state index contributed by atoms with van der Waals surface area (Å²) in [6.07, 6.45) is 13.9. The predicted octanol–water partition coefficient (Wildman–Crippen LogP) is 5.91. The van der Waals surface area contributed by atoms with Crippen LogP contribution < -0.4 is 0 Å². The zero-order chi connectivity index (χ0) is 16.8. The largest absolute Gasteiger partial charge is 0.463 e. The highest BCUT2D eigenvalue weighted by Gasteiger charge is 2.37. The van der Waals surface area contributed by atoms with Crippen LogP contribution in [-0.4, -0.2) is 37.2 Å². The van der Waals surface area contributed by atoms with Crippen LogP contribution in [0.5, 0.6) is 0 Å². The summed E-state index contributed by atoms with van der Waals surface area (Å²) in [4.78, 5) is 12.0. The fourth-order valence-electron chi connectivity index (χ4n) is 2.96. The van der Waals surface area contributed by atoms with Crippen LogP contribution >= 0.6 is 7.26 Å². The lowest BCUT2D eigenvalue weighted by atomic mass is 10.3. The van der Waals surface area contributed by atoms with Gasteiger partial charge in [-0.15, -0.1) is 0 Å². The van der Waals surface area contributed by atoms with E-state index in [0.29, 0.717) is 6.61 Å². The number of ether oxygens (including phenoxy) is 1. The summed E-state index contributed by atoms with van der Waals surface area (Å²) < 4.78 is 5.16. The Kier molecular flexibility index (Phi) is 12.9. The predicted molar refractivity (Wildman–Crippen MR) is 102 cm³/mol. The Bertz CT molecular complexity index is 305. The molecule has 2 nitrogen and oxygen atoms in total. The smallest absolute Gasteiger partial charge is 0.337 e. The van der Waals surface area contributed by atoms with Crippen molar-refractivity contribution in [3.63, 3.8) is 0 Å². The second-order valence-electron chi connectivity index (χ2n) is 6.41. The molecule has 0 radical (unpaired) electrons. The summed E-state index contributed by atoms with van der Waals surface area (Å²) in [7, 11) is -1.09. The molecule has 0 atom stereocenters. The minimum atomic E-state index is -1.09. The molecular formula is C19H38O2P+. The van der Waals surface area contributed by atoms with E-state index in [9.17, 15) is 4.79 Å². The molecule has 0 aliphatic heterocycles. The van der Waals surface area contributed by atoms with Crippen LogP contribution in [0.2, 0.25) is 0 Å². The van der Waals surface area contributed by atoms with Gasteiger partial charge in [-0.25, -0.2) is 4.79 Å². The molecule has 0 rings (SSSR count). The van der Waals surface area contributed by atoms with E-state index in [2.05, 4.69) is 27.4 Å². The number of hydrogen-bond acceptors (Lipinski definition) is 2. The lowest BCUT2D eigenvalue weighted by Gasteiger charge is -2.28. The molecule has 0 heterocycles. The highest BCUT2D eigenvalue weighted by Crippen LogP contribution is 2.61. The van der Waals surface area contributed by atoms with Gasteiger partial charge in [0, 0.05) is 7.26 Å². The zero-order valence-corrected chi connectivity index (χ0v) is 16.4. The van der Waals surface area contributed by atoms with Crippen molar-refractivity contribution in [2.24, 2.45) is 0 Å². The van der Waals surface area contributed by atoms with Crippen molar-refractivity contribution in [2.45, 2.75) is 72.6 Å². The Hall–Kier alpha value is -0.360. The van der Waals surface area contributed by atoms with E-state index in [0.717, 1.165) is 11.7 Å². The number of hydrogen-bond donors (Lipinski definition) is 0. The molecule has 0 aromatic heterocycles. The van der Waals surface area contributed by atoms with Gasteiger partial charge in [-0.2, -0.15) is 0 Å². The van der Waals surface area contributed by atoms with E-state index in [1.54, 1.807) is 0 Å². The molecule has 0 saturated heterocycles. The summed E-state index contributed by atoms with van der Waals surface area (Å²) in [5.41, 5.74) is 0.721. The van der Waals surface area contributed by atoms with E-state index in [1.807, 2.05) is 6.92 Å². The molecule has 0 aliphatic rings. The molecule has 130 valence electrons. The second kappa shape index (κ2) is 13.1. The number of unbranched alkanes of at least 4 members (excludes halogenated alkanes) is 4. The maximum absolute atomic E-state index is 12.0. The van der Waals surface area contributed by atoms with Crippen molar-refractivity contribution in [3.05, 3.63) is 12.2 Å². The topological polar surface area (TPSA) is 26.3 Å². The van der Waals surface area contributed by atoms with E-state index in [-0.39, 0.29) is 5.97 Å². The Morgan fingerprint density at radius 1 is 0.864 bits per heavy atom. The van der Waals surface area contributed by atoms with E-state index in [4.69, 9.17) is 4.74 Å². The van der Waals surface area contributed by atoms with Crippen LogP contribution in [0.15, 0.2) is 12.2 Å². The van der Waals surface area contributed by atoms with Crippen molar-refractivity contribution in [2.75, 3.05) is 31.3 Å². The van der Waals surface area contributed by atoms with Crippen LogP contribution in [0.25, 0.3) is 0 Å². The average Bonchev–Trinajstić information content (AvgIpc) is 2.51. The van der Waals surface area contributed by atoms with Gasteiger partial charge in [0.25, 0.3) is 0 Å². The Morgan fingerprint density at radius 3 is 1.82 bits per heavy atom. The van der Waals surface area contributed by atoms with Crippen molar-refractivity contribution in [3.8, 4) is 0 Å². The summed E-state index contributed by atoms with van der Waals surface area (Å²) >= 11 is 0. The third-order valence-electron chi connectivity index (χ3n) is 4.30. The Labute approximate surface area is 139 Å². The molecule has 0 unspecified atom stereocenters. The van der Waals surface area contributed by atoms with Gasteiger partial charge in [0.2, 0.25) is 0 Å². The molecule has 0 aromatic rings. The molecule has 0 aromatic carbocycles. The first kappa shape index (κ1) is 21.6. The monoisotopic (exact) mass is 329 g/mol. The van der Waals surface area contributed by atoms with Crippen molar-refractivity contribution in [1.29, 1.82) is 0 Å². The summed E-state index contributed by atoms with van der Waals surface area (Å²) in [6, 6.07) is 0. The van der Waals surface area contributed by atoms with Gasteiger partial charge >= 0.3 is 5.97 Å². The quantitative estimate of drug-likeness (QED) is 0.171. The minimum absolute atomic E-state index is 0.171. The third-order valence-corrected chi connectivity index (χ3v) is 9.15. The first-order chi connectivity index (χ1) is 10.5. The Balaban J connectivity index is 4.94. The highest BCUT2D eigenvalue weighted by molar-refractivity contribution is 7.76. The van der Waals surface area contributed by atoms with Gasteiger partial charge < -0.3 is 4.74 Å². The van der Waals surface area contributed by atoms with E-state index < -0.39 is 7.26 Å².